The van der Waals surface area contributed by atoms with Gasteiger partial charge in [-0.15, -0.1) is 0 Å². The Kier molecular flexibility index (Phi) is 8.21. The zero-order chi connectivity index (χ0) is 26.4. The molecule has 8 nitrogen and oxygen atoms in total. The molecule has 4 rings (SSSR count). The minimum Gasteiger partial charge on any atom is -0.507 e. The molecule has 0 saturated heterocycles. The summed E-state index contributed by atoms with van der Waals surface area (Å²) in [7, 11) is -2.18. The molecule has 0 radical (unpaired) electrons. The number of esters is 1. The summed E-state index contributed by atoms with van der Waals surface area (Å²) in [5, 5.41) is 10.8. The number of fused-ring (bicyclic) bond motifs is 1. The van der Waals surface area contributed by atoms with Gasteiger partial charge in [0, 0.05) is 11.1 Å². The van der Waals surface area contributed by atoms with Gasteiger partial charge in [-0.2, -0.15) is 0 Å². The largest absolute Gasteiger partial charge is 0.507 e. The van der Waals surface area contributed by atoms with E-state index in [4.69, 9.17) is 23.3 Å². The number of rotatable bonds is 11. The van der Waals surface area contributed by atoms with Crippen molar-refractivity contribution < 1.29 is 37.7 Å². The number of hydrogen-bond acceptors (Lipinski definition) is 8. The first-order valence-corrected chi connectivity index (χ1v) is 13.4. The number of cyclic esters (lactones) is 1. The van der Waals surface area contributed by atoms with Crippen LogP contribution in [0.4, 0.5) is 0 Å². The van der Waals surface area contributed by atoms with E-state index in [-0.39, 0.29) is 30.9 Å². The maximum Gasteiger partial charge on any atom is 0.456 e. The van der Waals surface area contributed by atoms with Crippen LogP contribution < -0.4 is 13.8 Å². The number of para-hydroxylation sites is 2. The van der Waals surface area contributed by atoms with Crippen molar-refractivity contribution in [1.29, 1.82) is 0 Å². The minimum absolute atomic E-state index is 0.114. The van der Waals surface area contributed by atoms with Crippen LogP contribution in [-0.2, 0) is 27.1 Å². The Morgan fingerprint density at radius 3 is 2.22 bits per heavy atom. The van der Waals surface area contributed by atoms with Crippen molar-refractivity contribution in [2.24, 2.45) is 0 Å². The van der Waals surface area contributed by atoms with Crippen LogP contribution in [0.3, 0.4) is 0 Å². The summed E-state index contributed by atoms with van der Waals surface area (Å²) in [6.07, 6.45) is 1.87. The molecule has 194 valence electrons. The zero-order valence-corrected chi connectivity index (χ0v) is 21.8. The first-order chi connectivity index (χ1) is 17.8. The van der Waals surface area contributed by atoms with Gasteiger partial charge >= 0.3 is 13.6 Å². The first kappa shape index (κ1) is 26.3. The molecule has 0 aliphatic carbocycles. The standard InChI is InChI=1S/C28H29O8P/c1-19(14-15-23-26(29)25-24(17-34-28(25)30)20(2)27(23)32-3)16-33-18-37(31,35-21-10-6-4-7-11-21)36-22-12-8-5-9-13-22/h4-14,29H,15-18H2,1-3H3. The van der Waals surface area contributed by atoms with Crippen molar-refractivity contribution in [3.8, 4) is 23.0 Å². The zero-order valence-electron chi connectivity index (χ0n) is 20.9. The van der Waals surface area contributed by atoms with Gasteiger partial charge in [0.25, 0.3) is 0 Å². The van der Waals surface area contributed by atoms with Gasteiger partial charge in [0.05, 0.1) is 13.7 Å². The molecule has 1 aliphatic heterocycles. The number of phenolic OH excluding ortho intramolecular Hbond substituents is 1. The van der Waals surface area contributed by atoms with Gasteiger partial charge in [0.1, 0.15) is 35.2 Å². The number of methoxy groups -OCH3 is 1. The van der Waals surface area contributed by atoms with Crippen molar-refractivity contribution in [2.45, 2.75) is 26.9 Å². The van der Waals surface area contributed by atoms with Gasteiger partial charge in [-0.1, -0.05) is 48.0 Å². The summed E-state index contributed by atoms with van der Waals surface area (Å²) in [4.78, 5) is 12.1. The van der Waals surface area contributed by atoms with Crippen LogP contribution in [0.25, 0.3) is 0 Å². The van der Waals surface area contributed by atoms with E-state index < -0.39 is 13.6 Å². The molecule has 0 spiro atoms. The van der Waals surface area contributed by atoms with E-state index in [0.717, 1.165) is 11.1 Å². The van der Waals surface area contributed by atoms with Gasteiger partial charge in [0.2, 0.25) is 0 Å². The quantitative estimate of drug-likeness (QED) is 0.180. The van der Waals surface area contributed by atoms with Crippen molar-refractivity contribution in [3.05, 3.63) is 94.6 Å². The molecule has 1 N–H and O–H groups in total. The normalized spacial score (nSPS) is 13.2. The van der Waals surface area contributed by atoms with Crippen molar-refractivity contribution >= 4 is 13.6 Å². The maximum absolute atomic E-state index is 13.5. The van der Waals surface area contributed by atoms with E-state index in [1.807, 2.05) is 32.1 Å². The number of phenols is 1. The number of carbonyl (C=O) groups is 1. The second kappa shape index (κ2) is 11.5. The molecule has 1 heterocycles. The third-order valence-electron chi connectivity index (χ3n) is 5.86. The van der Waals surface area contributed by atoms with Crippen LogP contribution in [0, 0.1) is 6.92 Å². The number of aromatic hydroxyl groups is 1. The number of ether oxygens (including phenoxy) is 3. The van der Waals surface area contributed by atoms with E-state index in [1.54, 1.807) is 48.5 Å². The monoisotopic (exact) mass is 524 g/mol. The number of benzene rings is 3. The molecule has 0 aromatic heterocycles. The lowest BCUT2D eigenvalue weighted by Crippen LogP contribution is -2.09. The number of hydrogen-bond donors (Lipinski definition) is 1. The second-order valence-electron chi connectivity index (χ2n) is 8.57. The van der Waals surface area contributed by atoms with Crippen LogP contribution in [0.1, 0.15) is 34.0 Å². The Hall–Kier alpha value is -3.74. The SMILES string of the molecule is COc1c(C)c2c(c(O)c1CC=C(C)COCP(=O)(Oc1ccccc1)Oc1ccccc1)C(=O)OC2. The molecule has 0 saturated carbocycles. The summed E-state index contributed by atoms with van der Waals surface area (Å²) in [6.45, 7) is 3.94. The van der Waals surface area contributed by atoms with Crippen LogP contribution >= 0.6 is 7.60 Å². The molecule has 37 heavy (non-hydrogen) atoms. The van der Waals surface area contributed by atoms with Crippen LogP contribution in [0.5, 0.6) is 23.0 Å². The Morgan fingerprint density at radius 1 is 1.05 bits per heavy atom. The minimum atomic E-state index is -3.70. The van der Waals surface area contributed by atoms with Crippen molar-refractivity contribution in [1.82, 2.24) is 0 Å². The van der Waals surface area contributed by atoms with Gasteiger partial charge in [-0.3, -0.25) is 0 Å². The fraction of sp³-hybridized carbons (Fsp3) is 0.250. The first-order valence-electron chi connectivity index (χ1n) is 11.7. The topological polar surface area (TPSA) is 101 Å². The summed E-state index contributed by atoms with van der Waals surface area (Å²) < 4.78 is 41.4. The fourth-order valence-corrected chi connectivity index (χ4v) is 5.38. The molecule has 3 aromatic rings. The van der Waals surface area contributed by atoms with Crippen LogP contribution in [0.2, 0.25) is 0 Å². The van der Waals surface area contributed by atoms with E-state index >= 15 is 0 Å². The average Bonchev–Trinajstić information content (AvgIpc) is 3.28. The highest BCUT2D eigenvalue weighted by atomic mass is 31.2. The molecule has 0 fully saturated rings. The van der Waals surface area contributed by atoms with Gasteiger partial charge in [0.15, 0.2) is 6.35 Å². The van der Waals surface area contributed by atoms with Gasteiger partial charge in [-0.25, -0.2) is 9.36 Å². The number of allylic oxidation sites excluding steroid dienone is 1. The highest BCUT2D eigenvalue weighted by Crippen LogP contribution is 2.48. The lowest BCUT2D eigenvalue weighted by Gasteiger charge is -2.20. The molecular formula is C28H29O8P. The Bertz CT molecular complexity index is 1290. The van der Waals surface area contributed by atoms with Crippen LogP contribution in [-0.4, -0.2) is 31.1 Å². The van der Waals surface area contributed by atoms with Crippen LogP contribution in [0.15, 0.2) is 72.3 Å². The molecule has 0 unspecified atom stereocenters. The van der Waals surface area contributed by atoms with Gasteiger partial charge < -0.3 is 28.4 Å². The smallest absolute Gasteiger partial charge is 0.456 e. The Balaban J connectivity index is 1.45. The lowest BCUT2D eigenvalue weighted by molar-refractivity contribution is 0.0533. The van der Waals surface area contributed by atoms with E-state index in [2.05, 4.69) is 0 Å². The molecule has 0 amide bonds. The van der Waals surface area contributed by atoms with Gasteiger partial charge in [-0.05, 0) is 50.1 Å². The molecular weight excluding hydrogens is 495 g/mol. The molecule has 1 aliphatic rings. The third kappa shape index (κ3) is 6.16. The molecule has 3 aromatic carbocycles. The Morgan fingerprint density at radius 2 is 1.65 bits per heavy atom. The summed E-state index contributed by atoms with van der Waals surface area (Å²) in [6, 6.07) is 17.6. The van der Waals surface area contributed by atoms with E-state index in [9.17, 15) is 14.5 Å². The molecule has 9 heteroatoms. The summed E-state index contributed by atoms with van der Waals surface area (Å²) in [5.41, 5.74) is 2.89. The average molecular weight is 525 g/mol. The predicted octanol–water partition coefficient (Wildman–Crippen LogP) is 6.19. The third-order valence-corrected chi connectivity index (χ3v) is 7.33. The summed E-state index contributed by atoms with van der Waals surface area (Å²) in [5.74, 6) is 0.644. The molecule has 0 atom stereocenters. The van der Waals surface area contributed by atoms with Crippen molar-refractivity contribution in [2.75, 3.05) is 20.1 Å². The highest BCUT2D eigenvalue weighted by Gasteiger charge is 2.32. The summed E-state index contributed by atoms with van der Waals surface area (Å²) >= 11 is 0. The second-order valence-corrected chi connectivity index (χ2v) is 10.4. The van der Waals surface area contributed by atoms with E-state index in [0.29, 0.717) is 34.8 Å². The predicted molar refractivity (Wildman–Crippen MR) is 139 cm³/mol. The Labute approximate surface area is 215 Å². The fourth-order valence-electron chi connectivity index (χ4n) is 4.04. The number of carbonyl (C=O) groups excluding carboxylic acids is 1. The van der Waals surface area contributed by atoms with E-state index in [1.165, 1.54) is 7.11 Å². The molecule has 0 bridgehead atoms. The lowest BCUT2D eigenvalue weighted by atomic mass is 9.95. The highest BCUT2D eigenvalue weighted by molar-refractivity contribution is 7.54. The van der Waals surface area contributed by atoms with Crippen molar-refractivity contribution in [3.63, 3.8) is 0 Å². The maximum atomic E-state index is 13.5.